The quantitative estimate of drug-likeness (QED) is 0.841. The Morgan fingerprint density at radius 1 is 1.33 bits per heavy atom. The molecular formula is C14H18ClN5O. The van der Waals surface area contributed by atoms with Crippen molar-refractivity contribution in [2.75, 3.05) is 37.7 Å². The van der Waals surface area contributed by atoms with E-state index in [2.05, 4.69) is 10.3 Å². The lowest BCUT2D eigenvalue weighted by molar-refractivity contribution is 0.467. The van der Waals surface area contributed by atoms with Crippen LogP contribution in [0.2, 0.25) is 5.02 Å². The Morgan fingerprint density at radius 3 is 2.81 bits per heavy atom. The zero-order valence-electron chi connectivity index (χ0n) is 11.7. The maximum Gasteiger partial charge on any atom is 0.281 e. The zero-order valence-corrected chi connectivity index (χ0v) is 12.4. The van der Waals surface area contributed by atoms with Crippen molar-refractivity contribution in [1.82, 2.24) is 15.0 Å². The molecule has 0 spiro atoms. The maximum atomic E-state index is 12.9. The number of benzene rings is 1. The van der Waals surface area contributed by atoms with Gasteiger partial charge in [-0.1, -0.05) is 17.7 Å². The summed E-state index contributed by atoms with van der Waals surface area (Å²) >= 11 is 6.19. The Balaban J connectivity index is 2.23. The van der Waals surface area contributed by atoms with E-state index >= 15 is 0 Å². The highest BCUT2D eigenvalue weighted by Crippen LogP contribution is 2.19. The van der Waals surface area contributed by atoms with Crippen LogP contribution in [0.15, 0.2) is 23.0 Å². The molecule has 112 valence electrons. The van der Waals surface area contributed by atoms with E-state index in [1.807, 2.05) is 11.1 Å². The van der Waals surface area contributed by atoms with Crippen LogP contribution in [-0.2, 0) is 6.42 Å². The number of nitrogens with one attached hydrogen (secondary N) is 1. The Labute approximate surface area is 127 Å². The maximum absolute atomic E-state index is 12.9. The summed E-state index contributed by atoms with van der Waals surface area (Å²) in [7, 11) is 0. The third-order valence-corrected chi connectivity index (χ3v) is 3.95. The Hall–Kier alpha value is -1.63. The molecule has 0 aliphatic carbocycles. The van der Waals surface area contributed by atoms with Gasteiger partial charge in [-0.2, -0.15) is 0 Å². The van der Waals surface area contributed by atoms with Crippen molar-refractivity contribution in [3.8, 4) is 0 Å². The van der Waals surface area contributed by atoms with E-state index in [0.29, 0.717) is 34.7 Å². The van der Waals surface area contributed by atoms with Gasteiger partial charge in [0.2, 0.25) is 0 Å². The summed E-state index contributed by atoms with van der Waals surface area (Å²) in [5.41, 5.74) is 6.18. The van der Waals surface area contributed by atoms with E-state index in [-0.39, 0.29) is 5.56 Å². The zero-order chi connectivity index (χ0) is 14.8. The highest BCUT2D eigenvalue weighted by Gasteiger charge is 2.19. The van der Waals surface area contributed by atoms with Gasteiger partial charge >= 0.3 is 0 Å². The van der Waals surface area contributed by atoms with Crippen LogP contribution in [0.3, 0.4) is 0 Å². The van der Waals surface area contributed by atoms with Crippen LogP contribution in [-0.4, -0.2) is 42.4 Å². The highest BCUT2D eigenvalue weighted by molar-refractivity contribution is 6.35. The number of rotatable bonds is 3. The molecule has 0 unspecified atom stereocenters. The molecule has 1 fully saturated rings. The predicted molar refractivity (Wildman–Crippen MR) is 84.6 cm³/mol. The summed E-state index contributed by atoms with van der Waals surface area (Å²) in [5, 5.41) is 6.20. The molecule has 1 aromatic carbocycles. The number of halogens is 1. The summed E-state index contributed by atoms with van der Waals surface area (Å²) in [5.74, 6) is 0.694. The molecule has 21 heavy (non-hydrogen) atoms. The number of nitrogens with zero attached hydrogens (tertiary/aromatic N) is 3. The first kappa shape index (κ1) is 14.3. The molecule has 0 radical (unpaired) electrons. The molecule has 2 aromatic rings. The minimum atomic E-state index is -0.115. The molecule has 1 saturated heterocycles. The second-order valence-corrected chi connectivity index (χ2v) is 5.43. The van der Waals surface area contributed by atoms with Gasteiger partial charge in [-0.05, 0) is 18.7 Å². The number of piperazine rings is 1. The van der Waals surface area contributed by atoms with Crippen molar-refractivity contribution in [3.63, 3.8) is 0 Å². The van der Waals surface area contributed by atoms with Gasteiger partial charge in [0.25, 0.3) is 5.56 Å². The van der Waals surface area contributed by atoms with Crippen molar-refractivity contribution >= 4 is 22.5 Å². The summed E-state index contributed by atoms with van der Waals surface area (Å²) in [4.78, 5) is 17.5. The van der Waals surface area contributed by atoms with E-state index in [0.717, 1.165) is 26.2 Å². The largest absolute Gasteiger partial charge is 0.330 e. The topological polar surface area (TPSA) is 76.2 Å². The fourth-order valence-corrected chi connectivity index (χ4v) is 2.91. The van der Waals surface area contributed by atoms with Gasteiger partial charge < -0.3 is 16.1 Å². The summed E-state index contributed by atoms with van der Waals surface area (Å²) in [6, 6.07) is 5.33. The van der Waals surface area contributed by atoms with Gasteiger partial charge in [0.05, 0.1) is 15.9 Å². The summed E-state index contributed by atoms with van der Waals surface area (Å²) in [6.45, 7) is 3.65. The van der Waals surface area contributed by atoms with Crippen molar-refractivity contribution in [2.24, 2.45) is 5.73 Å². The van der Waals surface area contributed by atoms with Crippen LogP contribution >= 0.6 is 11.6 Å². The normalized spacial score (nSPS) is 15.6. The first-order valence-electron chi connectivity index (χ1n) is 7.08. The number of fused-ring (bicyclic) bond motifs is 1. The Morgan fingerprint density at radius 2 is 2.10 bits per heavy atom. The van der Waals surface area contributed by atoms with Gasteiger partial charge in [0.15, 0.2) is 0 Å². The molecule has 0 saturated carbocycles. The third kappa shape index (κ3) is 2.62. The lowest BCUT2D eigenvalue weighted by Gasteiger charge is -2.32. The fourth-order valence-electron chi connectivity index (χ4n) is 2.66. The SMILES string of the molecule is NCCc1nc2cccc(Cl)c2c(=O)n1N1CCNCC1. The molecule has 3 rings (SSSR count). The molecule has 1 aliphatic rings. The standard InChI is InChI=1S/C14H18ClN5O/c15-10-2-1-3-11-13(10)14(21)20(12(18-11)4-5-16)19-8-6-17-7-9-19/h1-3,17H,4-9,16H2. The van der Waals surface area contributed by atoms with E-state index in [1.165, 1.54) is 0 Å². The van der Waals surface area contributed by atoms with Crippen molar-refractivity contribution < 1.29 is 0 Å². The minimum Gasteiger partial charge on any atom is -0.330 e. The van der Waals surface area contributed by atoms with Crippen LogP contribution in [0.4, 0.5) is 0 Å². The number of hydrogen-bond acceptors (Lipinski definition) is 5. The predicted octanol–water partition coefficient (Wildman–Crippen LogP) is 0.0923. The van der Waals surface area contributed by atoms with Crippen LogP contribution in [0.5, 0.6) is 0 Å². The number of nitrogens with two attached hydrogens (primary N) is 1. The number of hydrogen-bond donors (Lipinski definition) is 2. The second-order valence-electron chi connectivity index (χ2n) is 5.02. The first-order chi connectivity index (χ1) is 10.2. The monoisotopic (exact) mass is 307 g/mol. The average Bonchev–Trinajstić information content (AvgIpc) is 2.48. The summed E-state index contributed by atoms with van der Waals surface area (Å²) in [6.07, 6.45) is 0.557. The fraction of sp³-hybridized carbons (Fsp3) is 0.429. The van der Waals surface area contributed by atoms with E-state index in [1.54, 1.807) is 16.8 Å². The van der Waals surface area contributed by atoms with Gasteiger partial charge in [0, 0.05) is 32.6 Å². The molecule has 3 N–H and O–H groups in total. The molecule has 0 bridgehead atoms. The van der Waals surface area contributed by atoms with Gasteiger partial charge in [-0.15, -0.1) is 0 Å². The molecule has 1 aromatic heterocycles. The minimum absolute atomic E-state index is 0.115. The molecular weight excluding hydrogens is 290 g/mol. The van der Waals surface area contributed by atoms with Crippen LogP contribution in [0.1, 0.15) is 5.82 Å². The molecule has 0 amide bonds. The number of aromatic nitrogens is 2. The van der Waals surface area contributed by atoms with Gasteiger partial charge in [-0.3, -0.25) is 4.79 Å². The van der Waals surface area contributed by atoms with Crippen molar-refractivity contribution in [3.05, 3.63) is 39.4 Å². The Bertz CT molecular complexity index is 708. The van der Waals surface area contributed by atoms with E-state index in [9.17, 15) is 4.79 Å². The van der Waals surface area contributed by atoms with Crippen LogP contribution in [0.25, 0.3) is 10.9 Å². The van der Waals surface area contributed by atoms with Crippen molar-refractivity contribution in [1.29, 1.82) is 0 Å². The summed E-state index contributed by atoms with van der Waals surface area (Å²) < 4.78 is 1.65. The van der Waals surface area contributed by atoms with Gasteiger partial charge in [0.1, 0.15) is 5.82 Å². The third-order valence-electron chi connectivity index (χ3n) is 3.64. The average molecular weight is 308 g/mol. The smallest absolute Gasteiger partial charge is 0.281 e. The van der Waals surface area contributed by atoms with Crippen LogP contribution in [0, 0.1) is 0 Å². The second kappa shape index (κ2) is 6.01. The highest BCUT2D eigenvalue weighted by atomic mass is 35.5. The van der Waals surface area contributed by atoms with E-state index < -0.39 is 0 Å². The molecule has 6 nitrogen and oxygen atoms in total. The molecule has 7 heteroatoms. The Kier molecular flexibility index (Phi) is 4.10. The molecule has 2 heterocycles. The lowest BCUT2D eigenvalue weighted by atomic mass is 10.2. The van der Waals surface area contributed by atoms with E-state index in [4.69, 9.17) is 17.3 Å². The molecule has 0 atom stereocenters. The van der Waals surface area contributed by atoms with Gasteiger partial charge in [-0.25, -0.2) is 9.66 Å². The molecule has 1 aliphatic heterocycles. The van der Waals surface area contributed by atoms with Crippen molar-refractivity contribution in [2.45, 2.75) is 6.42 Å². The van der Waals surface area contributed by atoms with Crippen LogP contribution < -0.4 is 21.6 Å². The lowest BCUT2D eigenvalue weighted by Crippen LogP contribution is -2.54. The first-order valence-corrected chi connectivity index (χ1v) is 7.46.